The van der Waals surface area contributed by atoms with Crippen LogP contribution in [-0.2, 0) is 16.1 Å². The van der Waals surface area contributed by atoms with Gasteiger partial charge in [-0.05, 0) is 66.2 Å². The molecule has 4 amide bonds. The number of imide groups is 1. The molecule has 0 aromatic heterocycles. The maximum atomic E-state index is 13.3. The molecule has 1 saturated heterocycles. The van der Waals surface area contributed by atoms with Crippen molar-refractivity contribution in [2.75, 3.05) is 10.2 Å². The zero-order chi connectivity index (χ0) is 23.5. The Labute approximate surface area is 199 Å². The summed E-state index contributed by atoms with van der Waals surface area (Å²) in [5.74, 6) is -1.38. The topological polar surface area (TPSA) is 69.7 Å². The molecule has 6 nitrogen and oxygen atoms in total. The van der Waals surface area contributed by atoms with Crippen LogP contribution in [0.3, 0.4) is 0 Å². The van der Waals surface area contributed by atoms with Crippen molar-refractivity contribution in [2.45, 2.75) is 19.0 Å². The van der Waals surface area contributed by atoms with Crippen LogP contribution in [0.15, 0.2) is 72.8 Å². The van der Waals surface area contributed by atoms with Crippen LogP contribution in [-0.4, -0.2) is 28.8 Å². The highest BCUT2D eigenvalue weighted by atomic mass is 35.5. The quantitative estimate of drug-likeness (QED) is 0.468. The average molecular weight is 486 g/mol. The minimum atomic E-state index is -1.04. The standard InChI is InChI=1S/C24H18Cl2FN3O3/c25-16-3-9-19(10-4-16)28-22(31)13-21-23(32)30(20-11-5-17(26)6-12-20)24(33)29(21)14-15-1-7-18(27)8-2-15/h1-12,21H,13-14H2,(H,28,31)/t21-/m1/s1. The van der Waals surface area contributed by atoms with Crippen molar-refractivity contribution in [1.82, 2.24) is 4.90 Å². The summed E-state index contributed by atoms with van der Waals surface area (Å²) in [4.78, 5) is 41.6. The predicted molar refractivity (Wildman–Crippen MR) is 125 cm³/mol. The number of amides is 4. The Hall–Kier alpha value is -3.42. The molecule has 1 heterocycles. The highest BCUT2D eigenvalue weighted by Gasteiger charge is 2.46. The van der Waals surface area contributed by atoms with Crippen molar-refractivity contribution < 1.29 is 18.8 Å². The summed E-state index contributed by atoms with van der Waals surface area (Å²) in [7, 11) is 0. The molecule has 0 spiro atoms. The minimum absolute atomic E-state index is 0.0356. The van der Waals surface area contributed by atoms with Gasteiger partial charge in [-0.25, -0.2) is 14.1 Å². The van der Waals surface area contributed by atoms with Crippen LogP contribution in [0.2, 0.25) is 10.0 Å². The largest absolute Gasteiger partial charge is 0.332 e. The maximum absolute atomic E-state index is 13.3. The molecule has 168 valence electrons. The van der Waals surface area contributed by atoms with Gasteiger partial charge < -0.3 is 10.2 Å². The summed E-state index contributed by atoms with van der Waals surface area (Å²) in [6, 6.07) is 16.8. The van der Waals surface area contributed by atoms with Crippen LogP contribution in [0.1, 0.15) is 12.0 Å². The second-order valence-electron chi connectivity index (χ2n) is 7.46. The first-order valence-electron chi connectivity index (χ1n) is 10.0. The number of halogens is 3. The van der Waals surface area contributed by atoms with Gasteiger partial charge in [0.2, 0.25) is 5.91 Å². The molecule has 1 atom stereocenters. The molecule has 3 aromatic rings. The van der Waals surface area contributed by atoms with Gasteiger partial charge in [0.1, 0.15) is 11.9 Å². The number of urea groups is 1. The molecule has 0 radical (unpaired) electrons. The maximum Gasteiger partial charge on any atom is 0.332 e. The van der Waals surface area contributed by atoms with Gasteiger partial charge >= 0.3 is 6.03 Å². The zero-order valence-electron chi connectivity index (χ0n) is 17.2. The second kappa shape index (κ2) is 9.60. The molecule has 1 aliphatic heterocycles. The first kappa shape index (κ1) is 22.8. The molecule has 1 fully saturated rings. The number of carbonyl (C=O) groups is 3. The molecule has 0 aliphatic carbocycles. The lowest BCUT2D eigenvalue weighted by Gasteiger charge is -2.21. The Bertz CT molecular complexity index is 1190. The third-order valence-electron chi connectivity index (χ3n) is 5.18. The van der Waals surface area contributed by atoms with Crippen molar-refractivity contribution >= 4 is 52.4 Å². The first-order chi connectivity index (χ1) is 15.8. The highest BCUT2D eigenvalue weighted by Crippen LogP contribution is 2.29. The molecule has 1 aliphatic rings. The fourth-order valence-electron chi connectivity index (χ4n) is 3.55. The van der Waals surface area contributed by atoms with Gasteiger partial charge in [0.05, 0.1) is 12.1 Å². The van der Waals surface area contributed by atoms with E-state index in [2.05, 4.69) is 5.32 Å². The summed E-state index contributed by atoms with van der Waals surface area (Å²) in [6.07, 6.45) is -0.252. The number of nitrogens with one attached hydrogen (secondary N) is 1. The third-order valence-corrected chi connectivity index (χ3v) is 5.68. The second-order valence-corrected chi connectivity index (χ2v) is 8.33. The van der Waals surface area contributed by atoms with Crippen LogP contribution in [0.25, 0.3) is 0 Å². The lowest BCUT2D eigenvalue weighted by atomic mass is 10.1. The van der Waals surface area contributed by atoms with E-state index in [0.29, 0.717) is 27.0 Å². The van der Waals surface area contributed by atoms with E-state index in [9.17, 15) is 18.8 Å². The van der Waals surface area contributed by atoms with Crippen molar-refractivity contribution in [3.63, 3.8) is 0 Å². The lowest BCUT2D eigenvalue weighted by molar-refractivity contribution is -0.124. The Morgan fingerprint density at radius 1 is 0.879 bits per heavy atom. The van der Waals surface area contributed by atoms with Crippen LogP contribution >= 0.6 is 23.2 Å². The van der Waals surface area contributed by atoms with Crippen LogP contribution in [0, 0.1) is 5.82 Å². The molecule has 3 aromatic carbocycles. The lowest BCUT2D eigenvalue weighted by Crippen LogP contribution is -2.37. The first-order valence-corrected chi connectivity index (χ1v) is 10.8. The van der Waals surface area contributed by atoms with E-state index in [-0.39, 0.29) is 13.0 Å². The minimum Gasteiger partial charge on any atom is -0.326 e. The summed E-state index contributed by atoms with van der Waals surface area (Å²) in [5, 5.41) is 3.69. The van der Waals surface area contributed by atoms with Crippen molar-refractivity contribution in [1.29, 1.82) is 0 Å². The number of hydrogen-bond acceptors (Lipinski definition) is 3. The van der Waals surface area contributed by atoms with Crippen molar-refractivity contribution in [3.05, 3.63) is 94.2 Å². The van der Waals surface area contributed by atoms with Gasteiger partial charge in [-0.15, -0.1) is 0 Å². The summed E-state index contributed by atoms with van der Waals surface area (Å²) >= 11 is 11.8. The van der Waals surface area contributed by atoms with Gasteiger partial charge in [-0.2, -0.15) is 0 Å². The molecular weight excluding hydrogens is 468 g/mol. The van der Waals surface area contributed by atoms with Crippen molar-refractivity contribution in [2.24, 2.45) is 0 Å². The van der Waals surface area contributed by atoms with E-state index < -0.39 is 29.7 Å². The average Bonchev–Trinajstić information content (AvgIpc) is 3.01. The van der Waals surface area contributed by atoms with Crippen LogP contribution in [0.4, 0.5) is 20.6 Å². The Kier molecular flexibility index (Phi) is 6.62. The van der Waals surface area contributed by atoms with E-state index in [1.54, 1.807) is 48.5 Å². The smallest absolute Gasteiger partial charge is 0.326 e. The van der Waals surface area contributed by atoms with Gasteiger partial charge in [0.15, 0.2) is 0 Å². The number of anilines is 2. The van der Waals surface area contributed by atoms with E-state index in [1.807, 2.05) is 0 Å². The fourth-order valence-corrected chi connectivity index (χ4v) is 3.80. The van der Waals surface area contributed by atoms with Gasteiger partial charge in [0.25, 0.3) is 5.91 Å². The monoisotopic (exact) mass is 485 g/mol. The summed E-state index contributed by atoms with van der Waals surface area (Å²) < 4.78 is 13.3. The summed E-state index contributed by atoms with van der Waals surface area (Å²) in [5.41, 5.74) is 1.48. The fraction of sp³-hybridized carbons (Fsp3) is 0.125. The molecule has 0 bridgehead atoms. The van der Waals surface area contributed by atoms with E-state index in [1.165, 1.54) is 29.2 Å². The van der Waals surface area contributed by atoms with Crippen LogP contribution < -0.4 is 10.2 Å². The SMILES string of the molecule is O=C(C[C@@H]1C(=O)N(c2ccc(Cl)cc2)C(=O)N1Cc1ccc(F)cc1)Nc1ccc(Cl)cc1. The molecule has 4 rings (SSSR count). The Balaban J connectivity index is 1.59. The number of carbonyl (C=O) groups excluding carboxylic acids is 3. The highest BCUT2D eigenvalue weighted by molar-refractivity contribution is 6.31. The molecule has 0 unspecified atom stereocenters. The zero-order valence-corrected chi connectivity index (χ0v) is 18.7. The van der Waals surface area contributed by atoms with Gasteiger partial charge in [0, 0.05) is 22.3 Å². The number of rotatable bonds is 6. The predicted octanol–water partition coefficient (Wildman–Crippen LogP) is 5.50. The van der Waals surface area contributed by atoms with Crippen LogP contribution in [0.5, 0.6) is 0 Å². The summed E-state index contributed by atoms with van der Waals surface area (Å²) in [6.45, 7) is 0.0356. The third kappa shape index (κ3) is 5.16. The normalized spacial score (nSPS) is 15.8. The molecule has 9 heteroatoms. The number of nitrogens with zero attached hydrogens (tertiary/aromatic N) is 2. The van der Waals surface area contributed by atoms with Gasteiger partial charge in [-0.1, -0.05) is 35.3 Å². The molecule has 1 N–H and O–H groups in total. The Morgan fingerprint density at radius 2 is 1.45 bits per heavy atom. The Morgan fingerprint density at radius 3 is 2.06 bits per heavy atom. The van der Waals surface area contributed by atoms with E-state index in [0.717, 1.165) is 4.90 Å². The van der Waals surface area contributed by atoms with Gasteiger partial charge in [-0.3, -0.25) is 9.59 Å². The van der Waals surface area contributed by atoms with Crippen molar-refractivity contribution in [3.8, 4) is 0 Å². The number of benzene rings is 3. The molecule has 33 heavy (non-hydrogen) atoms. The molecule has 0 saturated carbocycles. The van der Waals surface area contributed by atoms with E-state index in [4.69, 9.17) is 23.2 Å². The molecular formula is C24H18Cl2FN3O3. The number of hydrogen-bond donors (Lipinski definition) is 1. The van der Waals surface area contributed by atoms with E-state index >= 15 is 0 Å².